The Balaban J connectivity index is 1.87. The number of hydrogen-bond acceptors (Lipinski definition) is 6. The van der Waals surface area contributed by atoms with E-state index >= 15 is 0 Å². The normalized spacial score (nSPS) is 20.3. The maximum atomic E-state index is 13.5. The van der Waals surface area contributed by atoms with E-state index in [1.807, 2.05) is 32.9 Å². The number of fused-ring (bicyclic) bond motifs is 1. The lowest BCUT2D eigenvalue weighted by Gasteiger charge is -2.32. The SMILES string of the molecule is CCC(C)N1C(=O)C(=Cc2c(N3CCC(C)CC3)nc3c(C)cccn3c2=O)SC1=S. The Morgan fingerprint density at radius 3 is 2.71 bits per heavy atom. The van der Waals surface area contributed by atoms with Crippen molar-refractivity contribution in [1.29, 1.82) is 0 Å². The Morgan fingerprint density at radius 1 is 1.32 bits per heavy atom. The maximum absolute atomic E-state index is 13.5. The van der Waals surface area contributed by atoms with Gasteiger partial charge in [0.05, 0.1) is 10.5 Å². The van der Waals surface area contributed by atoms with Crippen LogP contribution in [-0.2, 0) is 4.79 Å². The van der Waals surface area contributed by atoms with Gasteiger partial charge in [0, 0.05) is 25.3 Å². The third-order valence-corrected chi connectivity index (χ3v) is 7.61. The molecule has 0 radical (unpaired) electrons. The largest absolute Gasteiger partial charge is 0.356 e. The van der Waals surface area contributed by atoms with Crippen LogP contribution in [0.4, 0.5) is 5.82 Å². The second-order valence-corrected chi connectivity index (χ2v) is 10.2. The van der Waals surface area contributed by atoms with Crippen LogP contribution in [0.5, 0.6) is 0 Å². The summed E-state index contributed by atoms with van der Waals surface area (Å²) in [6.07, 6.45) is 6.38. The zero-order valence-electron chi connectivity index (χ0n) is 18.4. The van der Waals surface area contributed by atoms with Crippen LogP contribution in [0.3, 0.4) is 0 Å². The molecule has 2 aromatic heterocycles. The van der Waals surface area contributed by atoms with Crippen LogP contribution in [0.15, 0.2) is 28.0 Å². The van der Waals surface area contributed by atoms with Crippen molar-refractivity contribution in [2.45, 2.75) is 53.0 Å². The van der Waals surface area contributed by atoms with Gasteiger partial charge < -0.3 is 4.90 Å². The van der Waals surface area contributed by atoms with Gasteiger partial charge in [-0.1, -0.05) is 43.9 Å². The molecular formula is C23H28N4O2S2. The maximum Gasteiger partial charge on any atom is 0.267 e. The molecule has 2 aliphatic heterocycles. The Labute approximate surface area is 192 Å². The summed E-state index contributed by atoms with van der Waals surface area (Å²) >= 11 is 6.74. The standard InChI is InChI=1S/C23H28N4O2S2/c1-5-16(4)27-22(29)18(31-23(27)30)13-17-20(25-11-8-14(2)9-12-25)24-19-15(3)7-6-10-26(19)21(17)28/h6-7,10,13-14,16H,5,8-9,11-12H2,1-4H3. The number of carbonyl (C=O) groups is 1. The van der Waals surface area contributed by atoms with E-state index in [1.165, 1.54) is 11.8 Å². The number of thioether (sulfide) groups is 1. The smallest absolute Gasteiger partial charge is 0.267 e. The molecule has 2 saturated heterocycles. The molecule has 0 bridgehead atoms. The van der Waals surface area contributed by atoms with Gasteiger partial charge in [0.15, 0.2) is 0 Å². The van der Waals surface area contributed by atoms with E-state index in [1.54, 1.807) is 21.6 Å². The van der Waals surface area contributed by atoms with E-state index in [-0.39, 0.29) is 17.5 Å². The van der Waals surface area contributed by atoms with Crippen molar-refractivity contribution in [1.82, 2.24) is 14.3 Å². The number of aromatic nitrogens is 2. The molecule has 164 valence electrons. The second-order valence-electron chi connectivity index (χ2n) is 8.52. The summed E-state index contributed by atoms with van der Waals surface area (Å²) in [4.78, 5) is 35.9. The quantitative estimate of drug-likeness (QED) is 0.507. The van der Waals surface area contributed by atoms with Crippen LogP contribution >= 0.6 is 24.0 Å². The Bertz CT molecular complexity index is 1130. The van der Waals surface area contributed by atoms with Gasteiger partial charge in [0.1, 0.15) is 15.8 Å². The second kappa shape index (κ2) is 8.74. The summed E-state index contributed by atoms with van der Waals surface area (Å²) in [5, 5.41) is 0. The highest BCUT2D eigenvalue weighted by Crippen LogP contribution is 2.35. The van der Waals surface area contributed by atoms with Gasteiger partial charge in [-0.15, -0.1) is 0 Å². The van der Waals surface area contributed by atoms with Crippen molar-refractivity contribution in [2.24, 2.45) is 5.92 Å². The summed E-state index contributed by atoms with van der Waals surface area (Å²) in [6.45, 7) is 9.94. The predicted molar refractivity (Wildman–Crippen MR) is 132 cm³/mol. The fourth-order valence-electron chi connectivity index (χ4n) is 4.06. The Morgan fingerprint density at radius 2 is 2.03 bits per heavy atom. The first-order valence-corrected chi connectivity index (χ1v) is 12.1. The molecule has 31 heavy (non-hydrogen) atoms. The number of piperidine rings is 1. The van der Waals surface area contributed by atoms with E-state index in [0.29, 0.717) is 32.2 Å². The van der Waals surface area contributed by atoms with Crippen molar-refractivity contribution < 1.29 is 4.79 Å². The number of amides is 1. The van der Waals surface area contributed by atoms with Gasteiger partial charge in [-0.2, -0.15) is 0 Å². The average molecular weight is 457 g/mol. The number of nitrogens with zero attached hydrogens (tertiary/aromatic N) is 4. The van der Waals surface area contributed by atoms with Gasteiger partial charge in [-0.3, -0.25) is 18.9 Å². The Kier molecular flexibility index (Phi) is 6.21. The fourth-order valence-corrected chi connectivity index (χ4v) is 5.51. The lowest BCUT2D eigenvalue weighted by atomic mass is 9.99. The van der Waals surface area contributed by atoms with Gasteiger partial charge in [-0.25, -0.2) is 4.98 Å². The molecule has 0 spiro atoms. The highest BCUT2D eigenvalue weighted by Gasteiger charge is 2.35. The minimum Gasteiger partial charge on any atom is -0.356 e. The lowest BCUT2D eigenvalue weighted by Crippen LogP contribution is -2.36. The molecule has 1 unspecified atom stereocenters. The topological polar surface area (TPSA) is 57.9 Å². The Hall–Kier alpha value is -2.19. The zero-order chi connectivity index (χ0) is 22.3. The highest BCUT2D eigenvalue weighted by molar-refractivity contribution is 8.26. The first-order chi connectivity index (χ1) is 14.8. The highest BCUT2D eigenvalue weighted by atomic mass is 32.2. The lowest BCUT2D eigenvalue weighted by molar-refractivity contribution is -0.123. The van der Waals surface area contributed by atoms with E-state index in [0.717, 1.165) is 37.9 Å². The molecule has 2 fully saturated rings. The van der Waals surface area contributed by atoms with E-state index in [2.05, 4.69) is 11.8 Å². The monoisotopic (exact) mass is 456 g/mol. The summed E-state index contributed by atoms with van der Waals surface area (Å²) in [6, 6.07) is 3.83. The molecule has 4 rings (SSSR count). The third-order valence-electron chi connectivity index (χ3n) is 6.28. The summed E-state index contributed by atoms with van der Waals surface area (Å²) in [7, 11) is 0. The van der Waals surface area contributed by atoms with E-state index in [9.17, 15) is 9.59 Å². The number of rotatable bonds is 4. The van der Waals surface area contributed by atoms with Crippen LogP contribution in [-0.4, -0.2) is 43.6 Å². The predicted octanol–water partition coefficient (Wildman–Crippen LogP) is 4.24. The molecule has 0 aliphatic carbocycles. The molecule has 8 heteroatoms. The number of pyridine rings is 1. The molecule has 0 saturated carbocycles. The first kappa shape index (κ1) is 22.0. The van der Waals surface area contributed by atoms with Crippen molar-refractivity contribution in [3.8, 4) is 0 Å². The molecule has 0 aromatic carbocycles. The van der Waals surface area contributed by atoms with Crippen molar-refractivity contribution in [2.75, 3.05) is 18.0 Å². The number of carbonyl (C=O) groups excluding carboxylic acids is 1. The number of anilines is 1. The minimum absolute atomic E-state index is 0.0277. The van der Waals surface area contributed by atoms with Crippen LogP contribution in [0.2, 0.25) is 0 Å². The first-order valence-electron chi connectivity index (χ1n) is 10.9. The fraction of sp³-hybridized carbons (Fsp3) is 0.478. The van der Waals surface area contributed by atoms with Crippen molar-refractivity contribution in [3.05, 3.63) is 44.7 Å². The van der Waals surface area contributed by atoms with Crippen LogP contribution in [0.1, 0.15) is 51.2 Å². The van der Waals surface area contributed by atoms with E-state index < -0.39 is 0 Å². The number of thiocarbonyl (C=S) groups is 1. The molecule has 0 N–H and O–H groups in total. The van der Waals surface area contributed by atoms with Crippen LogP contribution in [0.25, 0.3) is 11.7 Å². The summed E-state index contributed by atoms with van der Waals surface area (Å²) in [5.41, 5.74) is 1.91. The van der Waals surface area contributed by atoms with Gasteiger partial charge in [0.2, 0.25) is 0 Å². The van der Waals surface area contributed by atoms with Crippen molar-refractivity contribution in [3.63, 3.8) is 0 Å². The average Bonchev–Trinajstić information content (AvgIpc) is 3.03. The molecular weight excluding hydrogens is 428 g/mol. The molecule has 2 aliphatic rings. The molecule has 6 nitrogen and oxygen atoms in total. The summed E-state index contributed by atoms with van der Waals surface area (Å²) < 4.78 is 2.12. The number of aryl methyl sites for hydroxylation is 1. The van der Waals surface area contributed by atoms with Crippen molar-refractivity contribution >= 4 is 51.7 Å². The molecule has 1 atom stereocenters. The molecule has 2 aromatic rings. The van der Waals surface area contributed by atoms with Crippen LogP contribution in [0, 0.1) is 12.8 Å². The molecule has 1 amide bonds. The van der Waals surface area contributed by atoms with Gasteiger partial charge in [0.25, 0.3) is 11.5 Å². The van der Waals surface area contributed by atoms with Gasteiger partial charge >= 0.3 is 0 Å². The van der Waals surface area contributed by atoms with E-state index in [4.69, 9.17) is 17.2 Å². The van der Waals surface area contributed by atoms with Gasteiger partial charge in [-0.05, 0) is 56.7 Å². The third kappa shape index (κ3) is 4.03. The minimum atomic E-state index is -0.156. The summed E-state index contributed by atoms with van der Waals surface area (Å²) in [5.74, 6) is 1.20. The van der Waals surface area contributed by atoms with Crippen LogP contribution < -0.4 is 10.5 Å². The number of hydrogen-bond donors (Lipinski definition) is 0. The zero-order valence-corrected chi connectivity index (χ0v) is 20.1. The molecule has 4 heterocycles.